The first-order valence-corrected chi connectivity index (χ1v) is 19.1. The van der Waals surface area contributed by atoms with Crippen molar-refractivity contribution >= 4 is 29.0 Å². The zero-order chi connectivity index (χ0) is 37.9. The van der Waals surface area contributed by atoms with Gasteiger partial charge in [0.25, 0.3) is 5.91 Å². The van der Waals surface area contributed by atoms with E-state index in [-0.39, 0.29) is 48.4 Å². The largest absolute Gasteiger partial charge is 0.488 e. The summed E-state index contributed by atoms with van der Waals surface area (Å²) in [5, 5.41) is 30.9. The molecule has 7 atom stereocenters. The fourth-order valence-electron chi connectivity index (χ4n) is 7.03. The van der Waals surface area contributed by atoms with Gasteiger partial charge in [0.15, 0.2) is 6.23 Å². The van der Waals surface area contributed by atoms with Gasteiger partial charge >= 0.3 is 11.7 Å². The Balaban J connectivity index is 0.873. The number of aliphatic hydroxyl groups excluding tert-OH is 2. The molecule has 4 heterocycles. The second kappa shape index (κ2) is 16.4. The lowest BCUT2D eigenvalue weighted by Crippen LogP contribution is -2.50. The Morgan fingerprint density at radius 3 is 2.72 bits per heavy atom. The fraction of sp³-hybridized carbons (Fsp3) is 0.436. The average Bonchev–Trinajstić information content (AvgIpc) is 3.89. The molecule has 0 unspecified atom stereocenters. The van der Waals surface area contributed by atoms with E-state index in [2.05, 4.69) is 45.2 Å². The molecule has 2 aliphatic heterocycles. The third kappa shape index (κ3) is 8.51. The van der Waals surface area contributed by atoms with Crippen molar-refractivity contribution in [1.29, 1.82) is 0 Å². The minimum absolute atomic E-state index is 0.0248. The number of amides is 1. The summed E-state index contributed by atoms with van der Waals surface area (Å²) in [5.41, 5.74) is 8.38. The summed E-state index contributed by atoms with van der Waals surface area (Å²) < 4.78 is 18.2. The van der Waals surface area contributed by atoms with Crippen molar-refractivity contribution < 1.29 is 34.0 Å². The van der Waals surface area contributed by atoms with E-state index in [1.807, 2.05) is 44.2 Å². The van der Waals surface area contributed by atoms with Crippen LogP contribution in [0.2, 0.25) is 0 Å². The van der Waals surface area contributed by atoms with Crippen molar-refractivity contribution in [3.05, 3.63) is 98.9 Å². The molecule has 14 nitrogen and oxygen atoms in total. The van der Waals surface area contributed by atoms with Crippen LogP contribution in [0.3, 0.4) is 0 Å². The summed E-state index contributed by atoms with van der Waals surface area (Å²) in [6, 6.07) is 19.4. The number of hydrogen-bond donors (Lipinski definition) is 6. The van der Waals surface area contributed by atoms with Gasteiger partial charge in [0.05, 0.1) is 12.0 Å². The molecule has 7 rings (SSSR count). The van der Waals surface area contributed by atoms with Gasteiger partial charge in [0.2, 0.25) is 0 Å². The molecule has 7 N–H and O–H groups in total. The highest BCUT2D eigenvalue weighted by atomic mass is 32.1. The van der Waals surface area contributed by atoms with Gasteiger partial charge in [-0.1, -0.05) is 24.3 Å². The van der Waals surface area contributed by atoms with Crippen molar-refractivity contribution in [1.82, 2.24) is 25.5 Å². The number of rotatable bonds is 13. The monoisotopic (exact) mass is 758 g/mol. The highest BCUT2D eigenvalue weighted by Crippen LogP contribution is 2.33. The zero-order valence-corrected chi connectivity index (χ0v) is 31.0. The lowest BCUT2D eigenvalue weighted by molar-refractivity contribution is -0.154. The summed E-state index contributed by atoms with van der Waals surface area (Å²) in [6.07, 6.45) is -1.41. The first kappa shape index (κ1) is 37.7. The van der Waals surface area contributed by atoms with Gasteiger partial charge in [0.1, 0.15) is 42.6 Å². The number of benzene rings is 2. The number of esters is 1. The number of aromatic nitrogens is 2. The van der Waals surface area contributed by atoms with E-state index in [0.717, 1.165) is 50.5 Å². The van der Waals surface area contributed by atoms with Gasteiger partial charge in [-0.2, -0.15) is 4.98 Å². The summed E-state index contributed by atoms with van der Waals surface area (Å²) in [7, 11) is 0. The number of aryl methyl sites for hydroxylation is 1. The molecule has 3 fully saturated rings. The third-order valence-electron chi connectivity index (χ3n) is 10.4. The summed E-state index contributed by atoms with van der Waals surface area (Å²) in [6.45, 7) is 5.92. The van der Waals surface area contributed by atoms with Crippen LogP contribution in [0.15, 0.2) is 71.7 Å². The van der Waals surface area contributed by atoms with Gasteiger partial charge in [-0.25, -0.2) is 4.79 Å². The number of carbonyl (C=O) groups is 2. The Kier molecular flexibility index (Phi) is 11.4. The second-order valence-corrected chi connectivity index (χ2v) is 15.4. The number of thiophene rings is 1. The van der Waals surface area contributed by atoms with E-state index in [1.54, 1.807) is 11.3 Å². The van der Waals surface area contributed by atoms with E-state index in [0.29, 0.717) is 30.7 Å². The Hall–Kier alpha value is -4.64. The number of ether oxygens (including phenoxy) is 3. The summed E-state index contributed by atoms with van der Waals surface area (Å²) >= 11 is 1.70. The van der Waals surface area contributed by atoms with Crippen LogP contribution in [-0.2, 0) is 20.8 Å². The van der Waals surface area contributed by atoms with Crippen LogP contribution in [0, 0.1) is 12.8 Å². The molecule has 0 spiro atoms. The van der Waals surface area contributed by atoms with Gasteiger partial charge in [-0.15, -0.1) is 11.3 Å². The zero-order valence-electron chi connectivity index (χ0n) is 30.1. The van der Waals surface area contributed by atoms with E-state index in [4.69, 9.17) is 19.9 Å². The Labute approximate surface area is 316 Å². The number of nitrogen functional groups attached to an aromatic ring is 1. The van der Waals surface area contributed by atoms with E-state index in [9.17, 15) is 24.6 Å². The molecule has 4 aromatic rings. The quantitative estimate of drug-likeness (QED) is 0.109. The molecule has 54 heavy (non-hydrogen) atoms. The number of nitrogens with two attached hydrogens (primary N) is 1. The predicted octanol–water partition coefficient (Wildman–Crippen LogP) is 2.82. The van der Waals surface area contributed by atoms with Crippen LogP contribution >= 0.6 is 11.3 Å². The fourth-order valence-corrected chi connectivity index (χ4v) is 7.98. The lowest BCUT2D eigenvalue weighted by atomic mass is 10.0. The van der Waals surface area contributed by atoms with Crippen LogP contribution in [0.1, 0.15) is 64.8 Å². The molecule has 2 aromatic heterocycles. The average molecular weight is 759 g/mol. The number of anilines is 1. The van der Waals surface area contributed by atoms with Gasteiger partial charge < -0.3 is 46.1 Å². The molecule has 3 aliphatic rings. The Bertz CT molecular complexity index is 2030. The van der Waals surface area contributed by atoms with Crippen molar-refractivity contribution in [3.8, 4) is 16.2 Å². The molecule has 1 amide bonds. The highest BCUT2D eigenvalue weighted by molar-refractivity contribution is 7.15. The van der Waals surface area contributed by atoms with Crippen LogP contribution in [-0.4, -0.2) is 81.8 Å². The Morgan fingerprint density at radius 1 is 1.11 bits per heavy atom. The van der Waals surface area contributed by atoms with Crippen LogP contribution in [0.4, 0.5) is 5.82 Å². The molecule has 2 saturated heterocycles. The molecule has 0 radical (unpaired) electrons. The number of hydrogen-bond acceptors (Lipinski definition) is 13. The van der Waals surface area contributed by atoms with Crippen LogP contribution < -0.4 is 32.1 Å². The first-order chi connectivity index (χ1) is 26.0. The number of nitrogens with zero attached hydrogens (tertiary/aromatic N) is 2. The molecule has 2 aromatic carbocycles. The van der Waals surface area contributed by atoms with Crippen molar-refractivity contribution in [2.45, 2.75) is 82.4 Å². The van der Waals surface area contributed by atoms with E-state index in [1.165, 1.54) is 12.3 Å². The van der Waals surface area contributed by atoms with Gasteiger partial charge in [0, 0.05) is 47.2 Å². The molecule has 286 valence electrons. The van der Waals surface area contributed by atoms with Crippen molar-refractivity contribution in [2.24, 2.45) is 5.92 Å². The molecule has 0 bridgehead atoms. The second-order valence-electron chi connectivity index (χ2n) is 14.3. The number of carbonyl (C=O) groups excluding carboxylic acids is 2. The number of aliphatic hydroxyl groups is 2. The number of nitrogens with one attached hydrogen (secondary N) is 3. The minimum Gasteiger partial charge on any atom is -0.488 e. The summed E-state index contributed by atoms with van der Waals surface area (Å²) in [4.78, 5) is 44.4. The van der Waals surface area contributed by atoms with Crippen molar-refractivity contribution in [2.75, 3.05) is 25.4 Å². The molecular formula is C39H46N6O8S. The normalized spacial score (nSPS) is 24.5. The third-order valence-corrected chi connectivity index (χ3v) is 11.5. The van der Waals surface area contributed by atoms with E-state index < -0.39 is 30.2 Å². The maximum absolute atomic E-state index is 13.3. The highest BCUT2D eigenvalue weighted by Gasteiger charge is 2.45. The maximum atomic E-state index is 13.3. The smallest absolute Gasteiger partial charge is 0.351 e. The lowest BCUT2D eigenvalue weighted by Gasteiger charge is -2.28. The topological polar surface area (TPSA) is 199 Å². The van der Waals surface area contributed by atoms with Gasteiger partial charge in [-0.3, -0.25) is 14.2 Å². The molecular weight excluding hydrogens is 713 g/mol. The molecule has 15 heteroatoms. The first-order valence-electron chi connectivity index (χ1n) is 18.3. The molecule has 1 saturated carbocycles. The minimum atomic E-state index is -1.41. The standard InChI is InChI=1S/C39H46N6O8S/c1-21-6-9-27(52-28-17-41-18-28)16-30(21)36(48)43-22(2)23-4-3-5-24(14-23)32-11-10-29(54-32)19-42-26-8-7-25(15-26)38(49)51-20-31-34(46)35(47)37(53-31)45-13-12-33(40)44-39(45)50/h3-6,9-14,16,22,25-26,28,31,34-35,37,41-42,46-47H,7-8,15,17-20H2,1-2H3,(H,43,48)(H2,40,44,50)/t22-,25-,26+,31-,34-,35-,37-/m1/s1. The van der Waals surface area contributed by atoms with E-state index >= 15 is 0 Å². The predicted molar refractivity (Wildman–Crippen MR) is 202 cm³/mol. The maximum Gasteiger partial charge on any atom is 0.351 e. The molecule has 1 aliphatic carbocycles. The van der Waals surface area contributed by atoms with Crippen LogP contribution in [0.5, 0.6) is 5.75 Å². The van der Waals surface area contributed by atoms with Gasteiger partial charge in [-0.05, 0) is 86.2 Å². The summed E-state index contributed by atoms with van der Waals surface area (Å²) in [5.74, 6) is -0.111. The van der Waals surface area contributed by atoms with Crippen molar-refractivity contribution in [3.63, 3.8) is 0 Å². The Morgan fingerprint density at radius 2 is 1.94 bits per heavy atom. The van der Waals surface area contributed by atoms with Crippen LogP contribution in [0.25, 0.3) is 10.4 Å². The SMILES string of the molecule is Cc1ccc(OC2CNC2)cc1C(=O)N[C@H](C)c1cccc(-c2ccc(CN[C@H]3CC[C@@H](C(=O)OC[C@H]4O[C@@H](n5ccc(N)nc5=O)[C@H](O)[C@@H]4O)C3)s2)c1.